The van der Waals surface area contributed by atoms with Gasteiger partial charge in [0.1, 0.15) is 10.7 Å². The second-order valence-electron chi connectivity index (χ2n) is 9.50. The van der Waals surface area contributed by atoms with E-state index in [1.165, 1.54) is 11.1 Å². The molecule has 32 heavy (non-hydrogen) atoms. The second kappa shape index (κ2) is 7.82. The molecular formula is C24H27ClN4O2S. The molecule has 6 nitrogen and oxygen atoms in total. The fourth-order valence-electron chi connectivity index (χ4n) is 5.55. The van der Waals surface area contributed by atoms with Gasteiger partial charge in [-0.2, -0.15) is 4.98 Å². The third-order valence-electron chi connectivity index (χ3n) is 7.48. The van der Waals surface area contributed by atoms with Gasteiger partial charge >= 0.3 is 0 Å². The number of hydrogen-bond donors (Lipinski definition) is 2. The molecule has 8 heteroatoms. The van der Waals surface area contributed by atoms with Crippen molar-refractivity contribution in [3.05, 3.63) is 46.6 Å². The van der Waals surface area contributed by atoms with Crippen LogP contribution in [0, 0.1) is 5.92 Å². The van der Waals surface area contributed by atoms with Gasteiger partial charge in [0, 0.05) is 23.2 Å². The number of aryl methyl sites for hydroxylation is 1. The molecule has 0 radical (unpaired) electrons. The average Bonchev–Trinajstić information content (AvgIpc) is 3.38. The van der Waals surface area contributed by atoms with Crippen molar-refractivity contribution in [1.29, 1.82) is 0 Å². The van der Waals surface area contributed by atoms with E-state index in [0.29, 0.717) is 17.5 Å². The minimum absolute atomic E-state index is 0.0648. The lowest BCUT2D eigenvalue weighted by molar-refractivity contribution is 0.143. The van der Waals surface area contributed by atoms with Crippen molar-refractivity contribution in [3.63, 3.8) is 0 Å². The highest BCUT2D eigenvalue weighted by atomic mass is 35.5. The van der Waals surface area contributed by atoms with Crippen LogP contribution in [0.15, 0.2) is 35.2 Å². The molecule has 2 N–H and O–H groups in total. The molecule has 0 amide bonds. The Morgan fingerprint density at radius 1 is 1.22 bits per heavy atom. The summed E-state index contributed by atoms with van der Waals surface area (Å²) in [6.07, 6.45) is 8.02. The molecule has 1 saturated heterocycles. The minimum atomic E-state index is -1.10. The number of aromatic nitrogens is 2. The highest BCUT2D eigenvalue weighted by Gasteiger charge is 2.42. The van der Waals surface area contributed by atoms with Gasteiger partial charge in [0.05, 0.1) is 34.7 Å². The number of halogens is 1. The van der Waals surface area contributed by atoms with Crippen LogP contribution in [0.4, 0.5) is 11.8 Å². The predicted molar refractivity (Wildman–Crippen MR) is 128 cm³/mol. The van der Waals surface area contributed by atoms with Crippen molar-refractivity contribution in [2.24, 2.45) is 5.92 Å². The lowest BCUT2D eigenvalue weighted by Crippen LogP contribution is -2.49. The van der Waals surface area contributed by atoms with Crippen molar-refractivity contribution < 1.29 is 9.32 Å². The highest BCUT2D eigenvalue weighted by Crippen LogP contribution is 2.45. The summed E-state index contributed by atoms with van der Waals surface area (Å²) in [5.74, 6) is 2.48. The molecule has 2 aliphatic heterocycles. The quantitative estimate of drug-likeness (QED) is 0.692. The number of hydrogen-bond acceptors (Lipinski definition) is 6. The van der Waals surface area contributed by atoms with Crippen LogP contribution in [-0.2, 0) is 17.2 Å². The summed E-state index contributed by atoms with van der Waals surface area (Å²) in [5, 5.41) is 14.2. The van der Waals surface area contributed by atoms with E-state index in [4.69, 9.17) is 21.6 Å². The van der Waals surface area contributed by atoms with Crippen LogP contribution in [0.5, 0.6) is 0 Å². The van der Waals surface area contributed by atoms with E-state index in [9.17, 15) is 9.32 Å². The van der Waals surface area contributed by atoms with Gasteiger partial charge in [0.25, 0.3) is 0 Å². The maximum Gasteiger partial charge on any atom is 0.228 e. The largest absolute Gasteiger partial charge is 0.394 e. The van der Waals surface area contributed by atoms with Crippen LogP contribution in [-0.4, -0.2) is 49.8 Å². The average molecular weight is 471 g/mol. The second-order valence-corrected chi connectivity index (χ2v) is 11.4. The van der Waals surface area contributed by atoms with Crippen molar-refractivity contribution in [2.45, 2.75) is 55.0 Å². The third kappa shape index (κ3) is 3.37. The fraction of sp³-hybridized carbons (Fsp3) is 0.500. The molecule has 3 unspecified atom stereocenters. The van der Waals surface area contributed by atoms with Crippen LogP contribution in [0.1, 0.15) is 43.4 Å². The molecule has 6 rings (SSSR count). The number of anilines is 2. The molecule has 1 aromatic carbocycles. The van der Waals surface area contributed by atoms with Crippen molar-refractivity contribution >= 4 is 39.7 Å². The Hall–Kier alpha value is -1.96. The minimum Gasteiger partial charge on any atom is -0.394 e. The first-order valence-electron chi connectivity index (χ1n) is 11.5. The smallest absolute Gasteiger partial charge is 0.228 e. The van der Waals surface area contributed by atoms with E-state index in [0.717, 1.165) is 66.6 Å². The molecule has 0 spiro atoms. The number of benzene rings is 1. The lowest BCUT2D eigenvalue weighted by atomic mass is 9.77. The molecule has 1 saturated carbocycles. The van der Waals surface area contributed by atoms with Crippen molar-refractivity contribution in [1.82, 2.24) is 9.97 Å². The van der Waals surface area contributed by atoms with E-state index in [2.05, 4.69) is 28.4 Å². The van der Waals surface area contributed by atoms with E-state index < -0.39 is 10.8 Å². The highest BCUT2D eigenvalue weighted by molar-refractivity contribution is 7.85. The van der Waals surface area contributed by atoms with Crippen LogP contribution in [0.2, 0.25) is 5.02 Å². The van der Waals surface area contributed by atoms with Gasteiger partial charge in [-0.05, 0) is 61.8 Å². The molecule has 2 fully saturated rings. The molecule has 2 aromatic rings. The van der Waals surface area contributed by atoms with Gasteiger partial charge in [-0.15, -0.1) is 0 Å². The summed E-state index contributed by atoms with van der Waals surface area (Å²) in [6.45, 7) is 0.945. The number of aliphatic hydroxyl groups is 1. The Morgan fingerprint density at radius 3 is 2.69 bits per heavy atom. The van der Waals surface area contributed by atoms with E-state index >= 15 is 0 Å². The van der Waals surface area contributed by atoms with Gasteiger partial charge in [0.2, 0.25) is 5.95 Å². The summed E-state index contributed by atoms with van der Waals surface area (Å²) in [6, 6.07) is 8.35. The summed E-state index contributed by atoms with van der Waals surface area (Å²) in [4.78, 5) is 12.9. The molecule has 4 aliphatic rings. The zero-order chi connectivity index (χ0) is 21.9. The van der Waals surface area contributed by atoms with Gasteiger partial charge in [0.15, 0.2) is 0 Å². The Bertz CT molecular complexity index is 1110. The first kappa shape index (κ1) is 20.6. The van der Waals surface area contributed by atoms with Gasteiger partial charge in [-0.3, -0.25) is 4.21 Å². The fourth-order valence-corrected chi connectivity index (χ4v) is 7.01. The Morgan fingerprint density at radius 2 is 2.03 bits per heavy atom. The molecule has 2 bridgehead atoms. The zero-order valence-electron chi connectivity index (χ0n) is 17.9. The normalized spacial score (nSPS) is 27.6. The number of nitrogens with zero attached hydrogens (tertiary/aromatic N) is 3. The standard InChI is InChI=1S/C24H27ClN4O2S/c25-17-6-4-15(5-7-17)19-12-18-11-16(19)13-29(18)23-26-20-3-1-10-32(31)21(20)22(27-23)28-24(14-30)8-2-9-24/h4-7,12,16,18,30H,1-3,8-11,13-14H2,(H,26,27,28). The molecule has 3 heterocycles. The first-order valence-corrected chi connectivity index (χ1v) is 13.2. The summed E-state index contributed by atoms with van der Waals surface area (Å²) >= 11 is 6.07. The van der Waals surface area contributed by atoms with Gasteiger partial charge in [-0.25, -0.2) is 4.98 Å². The first-order chi connectivity index (χ1) is 15.5. The third-order valence-corrected chi connectivity index (χ3v) is 9.28. The summed E-state index contributed by atoms with van der Waals surface area (Å²) in [7, 11) is -1.10. The van der Waals surface area contributed by atoms with Crippen molar-refractivity contribution in [3.8, 4) is 0 Å². The molecule has 3 atom stereocenters. The van der Waals surface area contributed by atoms with Gasteiger partial charge in [-0.1, -0.05) is 29.8 Å². The van der Waals surface area contributed by atoms with Crippen LogP contribution < -0.4 is 10.2 Å². The predicted octanol–water partition coefficient (Wildman–Crippen LogP) is 3.80. The van der Waals surface area contributed by atoms with E-state index in [-0.39, 0.29) is 18.2 Å². The van der Waals surface area contributed by atoms with Crippen LogP contribution >= 0.6 is 11.6 Å². The summed E-state index contributed by atoms with van der Waals surface area (Å²) < 4.78 is 12.9. The Kier molecular flexibility index (Phi) is 5.04. The maximum absolute atomic E-state index is 12.9. The lowest BCUT2D eigenvalue weighted by Gasteiger charge is -2.42. The number of fused-ring (bicyclic) bond motifs is 3. The SMILES string of the molecule is O=S1CCCc2nc(N3CC4CC3C=C4c3ccc(Cl)cc3)nc(NC3(CO)CCC3)c21. The van der Waals surface area contributed by atoms with E-state index in [1.807, 2.05) is 12.1 Å². The topological polar surface area (TPSA) is 78.4 Å². The van der Waals surface area contributed by atoms with Crippen LogP contribution in [0.3, 0.4) is 0 Å². The number of aliphatic hydroxyl groups excluding tert-OH is 1. The van der Waals surface area contributed by atoms with E-state index in [1.54, 1.807) is 0 Å². The summed E-state index contributed by atoms with van der Waals surface area (Å²) in [5.41, 5.74) is 3.18. The number of nitrogens with one attached hydrogen (secondary N) is 1. The van der Waals surface area contributed by atoms with Gasteiger partial charge < -0.3 is 15.3 Å². The Balaban J connectivity index is 1.34. The van der Waals surface area contributed by atoms with Crippen LogP contribution in [0.25, 0.3) is 5.57 Å². The molecule has 2 aliphatic carbocycles. The maximum atomic E-state index is 12.9. The van der Waals surface area contributed by atoms with Crippen molar-refractivity contribution in [2.75, 3.05) is 29.1 Å². The zero-order valence-corrected chi connectivity index (χ0v) is 19.5. The molecule has 1 aromatic heterocycles. The Labute approximate surface area is 195 Å². The monoisotopic (exact) mass is 470 g/mol. The molecular weight excluding hydrogens is 444 g/mol. The molecule has 168 valence electrons. The number of rotatable bonds is 5.